The van der Waals surface area contributed by atoms with Gasteiger partial charge in [-0.05, 0) is 24.1 Å². The van der Waals surface area contributed by atoms with E-state index >= 15 is 0 Å². The Bertz CT molecular complexity index is 615. The molecule has 0 atom stereocenters. The van der Waals surface area contributed by atoms with E-state index in [2.05, 4.69) is 9.62 Å². The number of halogens is 1. The van der Waals surface area contributed by atoms with Gasteiger partial charge in [0.05, 0.1) is 24.5 Å². The number of ether oxygens (including phenoxy) is 1. The number of nitrogens with zero attached hydrogens (tertiary/aromatic N) is 1. The van der Waals surface area contributed by atoms with E-state index in [1.165, 1.54) is 12.1 Å². The van der Waals surface area contributed by atoms with Gasteiger partial charge in [-0.1, -0.05) is 12.1 Å². The summed E-state index contributed by atoms with van der Waals surface area (Å²) >= 11 is 0. The third-order valence-corrected chi connectivity index (χ3v) is 5.10. The molecule has 0 saturated carbocycles. The van der Waals surface area contributed by atoms with Crippen molar-refractivity contribution in [2.75, 3.05) is 45.1 Å². The molecule has 2 N–H and O–H groups in total. The molecule has 0 aliphatic carbocycles. The maximum Gasteiger partial charge on any atom is 0.335 e. The lowest BCUT2D eigenvalue weighted by molar-refractivity contribution is 0.0390. The fraction of sp³-hybridized carbons (Fsp3) is 0.533. The minimum absolute atomic E-state index is 0. The first-order valence-corrected chi connectivity index (χ1v) is 9.21. The summed E-state index contributed by atoms with van der Waals surface area (Å²) in [7, 11) is -3.33. The summed E-state index contributed by atoms with van der Waals surface area (Å²) in [5, 5.41) is 8.82. The maximum absolute atomic E-state index is 12.0. The Morgan fingerprint density at radius 3 is 2.42 bits per heavy atom. The van der Waals surface area contributed by atoms with Crippen LogP contribution in [0.3, 0.4) is 0 Å². The number of rotatable bonds is 8. The number of carbonyl (C=O) groups is 1. The van der Waals surface area contributed by atoms with Crippen molar-refractivity contribution in [3.8, 4) is 0 Å². The number of carboxylic acid groups (broad SMARTS) is 1. The molecule has 0 amide bonds. The van der Waals surface area contributed by atoms with Crippen molar-refractivity contribution in [3.63, 3.8) is 0 Å². The topological polar surface area (TPSA) is 95.9 Å². The number of benzene rings is 1. The molecule has 24 heavy (non-hydrogen) atoms. The minimum Gasteiger partial charge on any atom is -0.478 e. The first-order valence-electron chi connectivity index (χ1n) is 7.56. The van der Waals surface area contributed by atoms with Gasteiger partial charge in [-0.2, -0.15) is 0 Å². The number of sulfonamides is 1. The normalized spacial score (nSPS) is 15.7. The Kier molecular flexibility index (Phi) is 8.65. The van der Waals surface area contributed by atoms with Gasteiger partial charge in [0.2, 0.25) is 10.0 Å². The second-order valence-corrected chi connectivity index (χ2v) is 7.35. The Labute approximate surface area is 148 Å². The number of aryl methyl sites for hydroxylation is 1. The third-order valence-electron chi connectivity index (χ3n) is 3.71. The van der Waals surface area contributed by atoms with E-state index in [0.29, 0.717) is 32.7 Å². The molecule has 136 valence electrons. The van der Waals surface area contributed by atoms with Crippen LogP contribution in [0, 0.1) is 0 Å². The molecule has 0 spiro atoms. The van der Waals surface area contributed by atoms with Gasteiger partial charge in [0.1, 0.15) is 0 Å². The lowest BCUT2D eigenvalue weighted by atomic mass is 10.1. The van der Waals surface area contributed by atoms with Crippen molar-refractivity contribution in [2.24, 2.45) is 0 Å². The van der Waals surface area contributed by atoms with E-state index in [1.807, 2.05) is 0 Å². The molecule has 7 nitrogen and oxygen atoms in total. The van der Waals surface area contributed by atoms with Crippen molar-refractivity contribution in [2.45, 2.75) is 6.42 Å². The molecular weight excluding hydrogens is 356 g/mol. The van der Waals surface area contributed by atoms with Gasteiger partial charge in [-0.3, -0.25) is 4.90 Å². The molecule has 0 aromatic heterocycles. The number of nitrogens with one attached hydrogen (secondary N) is 1. The fourth-order valence-corrected chi connectivity index (χ4v) is 3.37. The van der Waals surface area contributed by atoms with Crippen LogP contribution >= 0.6 is 12.4 Å². The molecule has 2 rings (SSSR count). The van der Waals surface area contributed by atoms with Crippen LogP contribution in [0.1, 0.15) is 15.9 Å². The Hall–Kier alpha value is -1.19. The third kappa shape index (κ3) is 7.14. The highest BCUT2D eigenvalue weighted by Crippen LogP contribution is 2.06. The van der Waals surface area contributed by atoms with Gasteiger partial charge < -0.3 is 9.84 Å². The van der Waals surface area contributed by atoms with Crippen molar-refractivity contribution < 1.29 is 23.1 Å². The summed E-state index contributed by atoms with van der Waals surface area (Å²) in [5.74, 6) is -1.00. The molecule has 0 unspecified atom stereocenters. The quantitative estimate of drug-likeness (QED) is 0.687. The average Bonchev–Trinajstić information content (AvgIpc) is 2.54. The molecule has 1 aromatic carbocycles. The van der Waals surface area contributed by atoms with Crippen LogP contribution in [0.5, 0.6) is 0 Å². The molecule has 1 fully saturated rings. The zero-order chi connectivity index (χ0) is 16.7. The lowest BCUT2D eigenvalue weighted by Crippen LogP contribution is -2.41. The summed E-state index contributed by atoms with van der Waals surface area (Å²) in [4.78, 5) is 12.9. The van der Waals surface area contributed by atoms with E-state index in [4.69, 9.17) is 9.84 Å². The molecule has 1 aliphatic heterocycles. The first-order chi connectivity index (χ1) is 11.0. The lowest BCUT2D eigenvalue weighted by Gasteiger charge is -2.26. The van der Waals surface area contributed by atoms with Crippen LogP contribution in [0.2, 0.25) is 0 Å². The van der Waals surface area contributed by atoms with Crippen LogP contribution in [0.4, 0.5) is 0 Å². The Morgan fingerprint density at radius 2 is 1.83 bits per heavy atom. The summed E-state index contributed by atoms with van der Waals surface area (Å²) in [6, 6.07) is 6.26. The molecular formula is C15H23ClN2O5S. The van der Waals surface area contributed by atoms with Gasteiger partial charge in [0.25, 0.3) is 0 Å². The van der Waals surface area contributed by atoms with Crippen LogP contribution in [-0.4, -0.2) is 69.5 Å². The largest absolute Gasteiger partial charge is 0.478 e. The zero-order valence-electron chi connectivity index (χ0n) is 13.3. The SMILES string of the molecule is Cl.O=C(O)c1ccc(CCS(=O)(=O)NCCN2CCOCC2)cc1. The number of morpholine rings is 1. The van der Waals surface area contributed by atoms with Crippen molar-refractivity contribution in [1.82, 2.24) is 9.62 Å². The number of hydrogen-bond donors (Lipinski definition) is 2. The fourth-order valence-electron chi connectivity index (χ4n) is 2.32. The second-order valence-electron chi connectivity index (χ2n) is 5.42. The number of carboxylic acids is 1. The zero-order valence-corrected chi connectivity index (χ0v) is 14.9. The van der Waals surface area contributed by atoms with Crippen LogP contribution in [-0.2, 0) is 21.2 Å². The van der Waals surface area contributed by atoms with Crippen LogP contribution < -0.4 is 4.72 Å². The molecule has 1 saturated heterocycles. The van der Waals surface area contributed by atoms with Crippen molar-refractivity contribution in [1.29, 1.82) is 0 Å². The smallest absolute Gasteiger partial charge is 0.335 e. The van der Waals surface area contributed by atoms with E-state index in [0.717, 1.165) is 18.7 Å². The molecule has 9 heteroatoms. The Morgan fingerprint density at radius 1 is 1.21 bits per heavy atom. The predicted molar refractivity (Wildman–Crippen MR) is 93.4 cm³/mol. The second kappa shape index (κ2) is 9.95. The van der Waals surface area contributed by atoms with E-state index in [-0.39, 0.29) is 23.7 Å². The number of hydrogen-bond acceptors (Lipinski definition) is 5. The van der Waals surface area contributed by atoms with Crippen molar-refractivity contribution >= 4 is 28.4 Å². The summed E-state index contributed by atoms with van der Waals surface area (Å²) in [6.07, 6.45) is 0.354. The van der Waals surface area contributed by atoms with Gasteiger partial charge in [-0.25, -0.2) is 17.9 Å². The maximum atomic E-state index is 12.0. The summed E-state index contributed by atoms with van der Waals surface area (Å²) < 4.78 is 31.8. The Balaban J connectivity index is 0.00000288. The molecule has 1 heterocycles. The highest BCUT2D eigenvalue weighted by atomic mass is 35.5. The minimum atomic E-state index is -3.33. The van der Waals surface area contributed by atoms with Gasteiger partial charge >= 0.3 is 5.97 Å². The van der Waals surface area contributed by atoms with Crippen LogP contribution in [0.25, 0.3) is 0 Å². The predicted octanol–water partition coefficient (Wildman–Crippen LogP) is 0.601. The highest BCUT2D eigenvalue weighted by Gasteiger charge is 2.13. The molecule has 1 aromatic rings. The monoisotopic (exact) mass is 378 g/mol. The van der Waals surface area contributed by atoms with E-state index in [9.17, 15) is 13.2 Å². The average molecular weight is 379 g/mol. The molecule has 0 bridgehead atoms. The van der Waals surface area contributed by atoms with E-state index < -0.39 is 16.0 Å². The summed E-state index contributed by atoms with van der Waals surface area (Å²) in [6.45, 7) is 4.11. The van der Waals surface area contributed by atoms with Gasteiger partial charge in [-0.15, -0.1) is 12.4 Å². The van der Waals surface area contributed by atoms with E-state index in [1.54, 1.807) is 12.1 Å². The van der Waals surface area contributed by atoms with Crippen molar-refractivity contribution in [3.05, 3.63) is 35.4 Å². The first kappa shape index (κ1) is 20.9. The standard InChI is InChI=1S/C15H22N2O5S.ClH/c18-15(19)14-3-1-13(2-4-14)5-12-23(20,21)16-6-7-17-8-10-22-11-9-17;/h1-4,16H,5-12H2,(H,18,19);1H. The summed E-state index contributed by atoms with van der Waals surface area (Å²) in [5.41, 5.74) is 0.994. The van der Waals surface area contributed by atoms with Gasteiger partial charge in [0.15, 0.2) is 0 Å². The van der Waals surface area contributed by atoms with Gasteiger partial charge in [0, 0.05) is 26.2 Å². The highest BCUT2D eigenvalue weighted by molar-refractivity contribution is 7.89. The molecule has 0 radical (unpaired) electrons. The molecule has 1 aliphatic rings. The van der Waals surface area contributed by atoms with Crippen LogP contribution in [0.15, 0.2) is 24.3 Å². The number of aromatic carboxylic acids is 1.